The number of nitrogens with one attached hydrogen (secondary N) is 1. The first-order valence-corrected chi connectivity index (χ1v) is 7.64. The van der Waals surface area contributed by atoms with Crippen molar-refractivity contribution in [1.82, 2.24) is 0 Å². The van der Waals surface area contributed by atoms with Gasteiger partial charge in [-0.15, -0.1) is 0 Å². The molecule has 7 heteroatoms. The van der Waals surface area contributed by atoms with Crippen LogP contribution in [-0.2, 0) is 14.3 Å². The molecule has 2 aromatic carbocycles. The quantitative estimate of drug-likeness (QED) is 0.608. The van der Waals surface area contributed by atoms with Crippen LogP contribution in [0, 0.1) is 5.82 Å². The van der Waals surface area contributed by atoms with Crippen LogP contribution < -0.4 is 14.8 Å². The second-order valence-electron chi connectivity index (χ2n) is 5.08. The molecule has 0 heterocycles. The summed E-state index contributed by atoms with van der Waals surface area (Å²) in [6.45, 7) is -0.460. The van der Waals surface area contributed by atoms with Gasteiger partial charge < -0.3 is 19.5 Å². The number of amides is 1. The molecule has 0 aliphatic carbocycles. The van der Waals surface area contributed by atoms with Gasteiger partial charge in [-0.05, 0) is 35.9 Å². The number of rotatable bonds is 7. The van der Waals surface area contributed by atoms with Crippen LogP contribution in [0.2, 0.25) is 0 Å². The van der Waals surface area contributed by atoms with E-state index in [0.717, 1.165) is 6.08 Å². The Morgan fingerprint density at radius 1 is 1.08 bits per heavy atom. The Morgan fingerprint density at radius 2 is 1.81 bits per heavy atom. The number of halogens is 1. The number of carbonyl (C=O) groups is 2. The highest BCUT2D eigenvalue weighted by Gasteiger charge is 2.09. The number of ether oxygens (including phenoxy) is 3. The Labute approximate surface area is 150 Å². The molecule has 0 saturated carbocycles. The van der Waals surface area contributed by atoms with E-state index in [1.54, 1.807) is 30.3 Å². The second-order valence-corrected chi connectivity index (χ2v) is 5.08. The van der Waals surface area contributed by atoms with Crippen LogP contribution >= 0.6 is 0 Å². The number of benzene rings is 2. The van der Waals surface area contributed by atoms with E-state index >= 15 is 0 Å². The maximum absolute atomic E-state index is 13.6. The number of methoxy groups -OCH3 is 2. The standard InChI is InChI=1S/C19H18FNO5/c1-24-16-9-7-13(11-14(16)20)8-10-19(23)26-12-18(22)21-15-5-3-4-6-17(15)25-2/h3-11H,12H2,1-2H3,(H,21,22)/b10-8+. The van der Waals surface area contributed by atoms with Crippen molar-refractivity contribution >= 4 is 23.6 Å². The lowest BCUT2D eigenvalue weighted by atomic mass is 10.2. The molecule has 0 aliphatic heterocycles. The van der Waals surface area contributed by atoms with E-state index in [0.29, 0.717) is 17.0 Å². The van der Waals surface area contributed by atoms with Gasteiger partial charge in [0.15, 0.2) is 18.2 Å². The smallest absolute Gasteiger partial charge is 0.331 e. The van der Waals surface area contributed by atoms with Gasteiger partial charge in [-0.1, -0.05) is 18.2 Å². The summed E-state index contributed by atoms with van der Waals surface area (Å²) in [7, 11) is 2.85. The average Bonchev–Trinajstić information content (AvgIpc) is 2.65. The van der Waals surface area contributed by atoms with Gasteiger partial charge in [-0.3, -0.25) is 4.79 Å². The van der Waals surface area contributed by atoms with Gasteiger partial charge in [-0.25, -0.2) is 9.18 Å². The molecule has 1 N–H and O–H groups in total. The van der Waals surface area contributed by atoms with Crippen LogP contribution in [0.3, 0.4) is 0 Å². The third kappa shape index (κ3) is 5.34. The summed E-state index contributed by atoms with van der Waals surface area (Å²) in [4.78, 5) is 23.5. The van der Waals surface area contributed by atoms with Crippen molar-refractivity contribution in [2.75, 3.05) is 26.1 Å². The highest BCUT2D eigenvalue weighted by Crippen LogP contribution is 2.22. The number of carbonyl (C=O) groups excluding carboxylic acids is 2. The van der Waals surface area contributed by atoms with Gasteiger partial charge >= 0.3 is 5.97 Å². The van der Waals surface area contributed by atoms with Gasteiger partial charge in [0.25, 0.3) is 5.91 Å². The summed E-state index contributed by atoms with van der Waals surface area (Å²) < 4.78 is 28.3. The van der Waals surface area contributed by atoms with Crippen molar-refractivity contribution in [2.24, 2.45) is 0 Å². The Bertz CT molecular complexity index is 819. The Hall–Kier alpha value is -3.35. The van der Waals surface area contributed by atoms with Crippen LogP contribution in [0.4, 0.5) is 10.1 Å². The minimum atomic E-state index is -0.726. The molecule has 0 aliphatic rings. The van der Waals surface area contributed by atoms with Gasteiger partial charge in [0.2, 0.25) is 0 Å². The fourth-order valence-electron chi connectivity index (χ4n) is 2.07. The lowest BCUT2D eigenvalue weighted by Crippen LogP contribution is -2.20. The molecule has 0 bridgehead atoms. The van der Waals surface area contributed by atoms with Gasteiger partial charge in [0.1, 0.15) is 5.75 Å². The molecule has 6 nitrogen and oxygen atoms in total. The van der Waals surface area contributed by atoms with Crippen LogP contribution in [0.25, 0.3) is 6.08 Å². The van der Waals surface area contributed by atoms with E-state index in [1.807, 2.05) is 0 Å². The molecular weight excluding hydrogens is 341 g/mol. The van der Waals surface area contributed by atoms with Crippen LogP contribution in [-0.4, -0.2) is 32.7 Å². The van der Waals surface area contributed by atoms with Gasteiger partial charge in [0, 0.05) is 6.08 Å². The average molecular weight is 359 g/mol. The third-order valence-electron chi connectivity index (χ3n) is 3.31. The summed E-state index contributed by atoms with van der Waals surface area (Å²) in [6, 6.07) is 11.1. The molecule has 1 amide bonds. The molecule has 2 rings (SSSR count). The summed E-state index contributed by atoms with van der Waals surface area (Å²) in [5.41, 5.74) is 0.930. The Morgan fingerprint density at radius 3 is 2.50 bits per heavy atom. The molecule has 0 aromatic heterocycles. The SMILES string of the molecule is COc1ccc(/C=C/C(=O)OCC(=O)Nc2ccccc2OC)cc1F. The van der Waals surface area contributed by atoms with Crippen molar-refractivity contribution in [1.29, 1.82) is 0 Å². The van der Waals surface area contributed by atoms with Crippen molar-refractivity contribution in [3.63, 3.8) is 0 Å². The summed E-state index contributed by atoms with van der Waals surface area (Å²) in [5.74, 6) is -1.17. The maximum atomic E-state index is 13.6. The Kier molecular flexibility index (Phi) is 6.73. The highest BCUT2D eigenvalue weighted by atomic mass is 19.1. The molecule has 26 heavy (non-hydrogen) atoms. The van der Waals surface area contributed by atoms with E-state index < -0.39 is 24.3 Å². The number of esters is 1. The zero-order chi connectivity index (χ0) is 18.9. The van der Waals surface area contributed by atoms with E-state index in [1.165, 1.54) is 32.4 Å². The van der Waals surface area contributed by atoms with Gasteiger partial charge in [0.05, 0.1) is 19.9 Å². The molecule has 0 unspecified atom stereocenters. The second kappa shape index (κ2) is 9.22. The van der Waals surface area contributed by atoms with Crippen LogP contribution in [0.5, 0.6) is 11.5 Å². The summed E-state index contributed by atoms with van der Waals surface area (Å²) in [6.07, 6.45) is 2.49. The third-order valence-corrected chi connectivity index (χ3v) is 3.31. The first-order chi connectivity index (χ1) is 12.5. The summed E-state index contributed by atoms with van der Waals surface area (Å²) in [5, 5.41) is 2.58. The zero-order valence-corrected chi connectivity index (χ0v) is 14.3. The molecule has 0 fully saturated rings. The first kappa shape index (κ1) is 19.0. The van der Waals surface area contributed by atoms with Crippen molar-refractivity contribution in [2.45, 2.75) is 0 Å². The van der Waals surface area contributed by atoms with E-state index in [-0.39, 0.29) is 5.75 Å². The lowest BCUT2D eigenvalue weighted by molar-refractivity contribution is -0.142. The van der Waals surface area contributed by atoms with E-state index in [4.69, 9.17) is 14.2 Å². The van der Waals surface area contributed by atoms with E-state index in [9.17, 15) is 14.0 Å². The fraction of sp³-hybridized carbons (Fsp3) is 0.158. The fourth-order valence-corrected chi connectivity index (χ4v) is 2.07. The maximum Gasteiger partial charge on any atom is 0.331 e. The topological polar surface area (TPSA) is 73.9 Å². The minimum absolute atomic E-state index is 0.109. The van der Waals surface area contributed by atoms with Crippen molar-refractivity contribution in [3.8, 4) is 11.5 Å². The number of hydrogen-bond donors (Lipinski definition) is 1. The largest absolute Gasteiger partial charge is 0.495 e. The lowest BCUT2D eigenvalue weighted by Gasteiger charge is -2.09. The zero-order valence-electron chi connectivity index (χ0n) is 14.3. The molecular formula is C19H18FNO5. The molecule has 0 radical (unpaired) electrons. The monoisotopic (exact) mass is 359 g/mol. The normalized spacial score (nSPS) is 10.4. The Balaban J connectivity index is 1.86. The first-order valence-electron chi connectivity index (χ1n) is 7.64. The number of anilines is 1. The van der Waals surface area contributed by atoms with E-state index in [2.05, 4.69) is 5.32 Å². The molecule has 136 valence electrons. The highest BCUT2D eigenvalue weighted by molar-refractivity contribution is 5.95. The predicted octanol–water partition coefficient (Wildman–Crippen LogP) is 3.04. The van der Waals surface area contributed by atoms with Crippen LogP contribution in [0.1, 0.15) is 5.56 Å². The molecule has 0 spiro atoms. The molecule has 2 aromatic rings. The predicted molar refractivity (Wildman–Crippen MR) is 94.6 cm³/mol. The minimum Gasteiger partial charge on any atom is -0.495 e. The number of hydrogen-bond acceptors (Lipinski definition) is 5. The molecule has 0 saturated heterocycles. The van der Waals surface area contributed by atoms with Crippen molar-refractivity contribution in [3.05, 3.63) is 59.9 Å². The van der Waals surface area contributed by atoms with Crippen LogP contribution in [0.15, 0.2) is 48.5 Å². The van der Waals surface area contributed by atoms with Gasteiger partial charge in [-0.2, -0.15) is 0 Å². The molecule has 0 atom stereocenters. The van der Waals surface area contributed by atoms with Crippen molar-refractivity contribution < 1.29 is 28.2 Å². The summed E-state index contributed by atoms with van der Waals surface area (Å²) >= 11 is 0. The number of para-hydroxylation sites is 2.